The number of hydrogen-bond acceptors (Lipinski definition) is 5. The maximum atomic E-state index is 13.3. The SMILES string of the molecule is C[C@H](NC(=O)OC(C)(C)C)c1nc2cccc(Cl)c2c(=O)n1-c1cncc(Cl)c1. The Kier molecular flexibility index (Phi) is 5.82. The molecule has 3 aromatic rings. The number of fused-ring (bicyclic) bond motifs is 1. The molecule has 1 aromatic carbocycles. The first-order valence-corrected chi connectivity index (χ1v) is 9.64. The summed E-state index contributed by atoms with van der Waals surface area (Å²) in [6.07, 6.45) is 2.32. The highest BCUT2D eigenvalue weighted by Crippen LogP contribution is 2.23. The smallest absolute Gasteiger partial charge is 0.408 e. The molecule has 1 atom stereocenters. The predicted molar refractivity (Wildman–Crippen MR) is 113 cm³/mol. The highest BCUT2D eigenvalue weighted by atomic mass is 35.5. The maximum absolute atomic E-state index is 13.3. The zero-order valence-electron chi connectivity index (χ0n) is 16.4. The van der Waals surface area contributed by atoms with Crippen LogP contribution in [-0.2, 0) is 4.74 Å². The van der Waals surface area contributed by atoms with Gasteiger partial charge >= 0.3 is 6.09 Å². The number of carbonyl (C=O) groups excluding carboxylic acids is 1. The normalized spacial score (nSPS) is 12.6. The average molecular weight is 435 g/mol. The van der Waals surface area contributed by atoms with Gasteiger partial charge < -0.3 is 10.1 Å². The van der Waals surface area contributed by atoms with Gasteiger partial charge in [-0.2, -0.15) is 0 Å². The monoisotopic (exact) mass is 434 g/mol. The molecule has 0 bridgehead atoms. The molecule has 1 N–H and O–H groups in total. The van der Waals surface area contributed by atoms with Crippen LogP contribution < -0.4 is 10.9 Å². The molecule has 0 spiro atoms. The molecule has 2 aromatic heterocycles. The molecule has 9 heteroatoms. The van der Waals surface area contributed by atoms with Gasteiger partial charge in [0.1, 0.15) is 11.4 Å². The van der Waals surface area contributed by atoms with Crippen LogP contribution >= 0.6 is 23.2 Å². The van der Waals surface area contributed by atoms with Gasteiger partial charge in [-0.3, -0.25) is 14.3 Å². The molecule has 0 aliphatic heterocycles. The lowest BCUT2D eigenvalue weighted by atomic mass is 10.2. The van der Waals surface area contributed by atoms with Gasteiger partial charge in [0.15, 0.2) is 0 Å². The quantitative estimate of drug-likeness (QED) is 0.646. The Morgan fingerprint density at radius 1 is 1.24 bits per heavy atom. The van der Waals surface area contributed by atoms with E-state index in [-0.39, 0.29) is 10.4 Å². The Balaban J connectivity index is 2.18. The Labute approximate surface area is 177 Å². The standard InChI is InChI=1S/C20H20Cl2N4O3/c1-11(24-19(28)29-20(2,3)4)17-25-15-7-5-6-14(22)16(15)18(27)26(17)13-8-12(21)9-23-10-13/h5-11H,1-4H3,(H,24,28)/t11-/m0/s1. The fourth-order valence-electron chi connectivity index (χ4n) is 2.82. The van der Waals surface area contributed by atoms with Gasteiger partial charge in [-0.1, -0.05) is 29.3 Å². The van der Waals surface area contributed by atoms with Gasteiger partial charge in [-0.15, -0.1) is 0 Å². The number of hydrogen-bond donors (Lipinski definition) is 1. The molecule has 2 heterocycles. The molecule has 0 saturated heterocycles. The summed E-state index contributed by atoms with van der Waals surface area (Å²) < 4.78 is 6.65. The van der Waals surface area contributed by atoms with Crippen LogP contribution in [0.4, 0.5) is 4.79 Å². The predicted octanol–water partition coefficient (Wildman–Crippen LogP) is 4.67. The molecule has 0 fully saturated rings. The number of alkyl carbamates (subject to hydrolysis) is 1. The Bertz CT molecular complexity index is 1140. The molecule has 0 aliphatic rings. The largest absolute Gasteiger partial charge is 0.444 e. The molecule has 0 saturated carbocycles. The van der Waals surface area contributed by atoms with Crippen molar-refractivity contribution in [2.45, 2.75) is 39.3 Å². The fraction of sp³-hybridized carbons (Fsp3) is 0.300. The number of pyridine rings is 1. The number of ether oxygens (including phenoxy) is 1. The van der Waals surface area contributed by atoms with Gasteiger partial charge in [0.05, 0.1) is 38.9 Å². The maximum Gasteiger partial charge on any atom is 0.408 e. The lowest BCUT2D eigenvalue weighted by Gasteiger charge is -2.23. The van der Waals surface area contributed by atoms with Crippen molar-refractivity contribution < 1.29 is 9.53 Å². The van der Waals surface area contributed by atoms with E-state index in [1.807, 2.05) is 0 Å². The molecule has 29 heavy (non-hydrogen) atoms. The first kappa shape index (κ1) is 21.1. The third-order valence-corrected chi connectivity index (χ3v) is 4.46. The number of nitrogens with zero attached hydrogens (tertiary/aromatic N) is 3. The Hall–Kier alpha value is -2.64. The summed E-state index contributed by atoms with van der Waals surface area (Å²) in [4.78, 5) is 34.2. The van der Waals surface area contributed by atoms with Crippen molar-refractivity contribution in [3.8, 4) is 5.69 Å². The molecule has 3 rings (SSSR count). The van der Waals surface area contributed by atoms with Crippen molar-refractivity contribution in [2.75, 3.05) is 0 Å². The van der Waals surface area contributed by atoms with Gasteiger partial charge in [0, 0.05) is 6.20 Å². The molecule has 7 nitrogen and oxygen atoms in total. The Morgan fingerprint density at radius 2 is 1.97 bits per heavy atom. The van der Waals surface area contributed by atoms with E-state index in [0.717, 1.165) is 0 Å². The fourth-order valence-corrected chi connectivity index (χ4v) is 3.24. The highest BCUT2D eigenvalue weighted by Gasteiger charge is 2.23. The molecule has 152 valence electrons. The van der Waals surface area contributed by atoms with Gasteiger partial charge in [0.25, 0.3) is 5.56 Å². The number of nitrogens with one attached hydrogen (secondary N) is 1. The van der Waals surface area contributed by atoms with Crippen LogP contribution in [0.25, 0.3) is 16.6 Å². The number of carbonyl (C=O) groups is 1. The summed E-state index contributed by atoms with van der Waals surface area (Å²) in [5.74, 6) is 0.291. The van der Waals surface area contributed by atoms with E-state index in [9.17, 15) is 9.59 Å². The van der Waals surface area contributed by atoms with Gasteiger partial charge in [0.2, 0.25) is 0 Å². The second-order valence-corrected chi connectivity index (χ2v) is 8.32. The summed E-state index contributed by atoms with van der Waals surface area (Å²) in [5, 5.41) is 3.61. The van der Waals surface area contributed by atoms with Crippen LogP contribution in [0.3, 0.4) is 0 Å². The minimum atomic E-state index is -0.662. The van der Waals surface area contributed by atoms with E-state index in [2.05, 4.69) is 15.3 Å². The molecule has 0 aliphatic carbocycles. The second kappa shape index (κ2) is 8.00. The summed E-state index contributed by atoms with van der Waals surface area (Å²) in [5.41, 5.74) is -0.228. The number of amides is 1. The summed E-state index contributed by atoms with van der Waals surface area (Å²) in [6.45, 7) is 7.00. The van der Waals surface area contributed by atoms with Crippen LogP contribution in [0.15, 0.2) is 41.5 Å². The van der Waals surface area contributed by atoms with Crippen LogP contribution in [0.2, 0.25) is 10.0 Å². The van der Waals surface area contributed by atoms with Crippen molar-refractivity contribution in [1.29, 1.82) is 0 Å². The second-order valence-electron chi connectivity index (χ2n) is 7.47. The summed E-state index contributed by atoms with van der Waals surface area (Å²) in [7, 11) is 0. The van der Waals surface area contributed by atoms with E-state index in [0.29, 0.717) is 22.1 Å². The van der Waals surface area contributed by atoms with Crippen LogP contribution in [-0.4, -0.2) is 26.2 Å². The van der Waals surface area contributed by atoms with E-state index < -0.39 is 23.3 Å². The van der Waals surface area contributed by atoms with E-state index in [4.69, 9.17) is 27.9 Å². The van der Waals surface area contributed by atoms with Crippen molar-refractivity contribution >= 4 is 40.2 Å². The number of benzene rings is 1. The third kappa shape index (κ3) is 4.68. The summed E-state index contributed by atoms with van der Waals surface area (Å²) >= 11 is 12.3. The molecule has 0 radical (unpaired) electrons. The third-order valence-electron chi connectivity index (χ3n) is 3.94. The number of aromatic nitrogens is 3. The number of halogens is 2. The van der Waals surface area contributed by atoms with E-state index >= 15 is 0 Å². The number of rotatable bonds is 3. The first-order chi connectivity index (χ1) is 13.6. The zero-order chi connectivity index (χ0) is 21.3. The molecule has 0 unspecified atom stereocenters. The average Bonchev–Trinajstić information content (AvgIpc) is 2.59. The highest BCUT2D eigenvalue weighted by molar-refractivity contribution is 6.35. The minimum Gasteiger partial charge on any atom is -0.444 e. The minimum absolute atomic E-state index is 0.266. The van der Waals surface area contributed by atoms with Crippen LogP contribution in [0.5, 0.6) is 0 Å². The zero-order valence-corrected chi connectivity index (χ0v) is 17.9. The molecular formula is C20H20Cl2N4O3. The lowest BCUT2D eigenvalue weighted by Crippen LogP contribution is -2.37. The topological polar surface area (TPSA) is 86.1 Å². The van der Waals surface area contributed by atoms with Gasteiger partial charge in [-0.05, 0) is 45.9 Å². The molecular weight excluding hydrogens is 415 g/mol. The van der Waals surface area contributed by atoms with E-state index in [1.165, 1.54) is 17.0 Å². The van der Waals surface area contributed by atoms with E-state index in [1.54, 1.807) is 52.0 Å². The van der Waals surface area contributed by atoms with Crippen molar-refractivity contribution in [3.05, 3.63) is 62.9 Å². The van der Waals surface area contributed by atoms with Crippen molar-refractivity contribution in [1.82, 2.24) is 19.9 Å². The summed E-state index contributed by atoms with van der Waals surface area (Å²) in [6, 6.07) is 5.95. The molecule has 1 amide bonds. The Morgan fingerprint density at radius 3 is 2.62 bits per heavy atom. The lowest BCUT2D eigenvalue weighted by molar-refractivity contribution is 0.0505. The van der Waals surface area contributed by atoms with Crippen molar-refractivity contribution in [3.63, 3.8) is 0 Å². The van der Waals surface area contributed by atoms with Crippen molar-refractivity contribution in [2.24, 2.45) is 0 Å². The first-order valence-electron chi connectivity index (χ1n) is 8.88. The van der Waals surface area contributed by atoms with Crippen LogP contribution in [0.1, 0.15) is 39.6 Å². The van der Waals surface area contributed by atoms with Crippen LogP contribution in [0, 0.1) is 0 Å². The van der Waals surface area contributed by atoms with Gasteiger partial charge in [-0.25, -0.2) is 9.78 Å².